The third-order valence-corrected chi connectivity index (χ3v) is 4.37. The summed E-state index contributed by atoms with van der Waals surface area (Å²) < 4.78 is 0. The molecule has 5 heteroatoms. The first kappa shape index (κ1) is 16.3. The third kappa shape index (κ3) is 4.23. The fraction of sp³-hybridized carbons (Fsp3) is 0.529. The Morgan fingerprint density at radius 2 is 2.00 bits per heavy atom. The van der Waals surface area contributed by atoms with Gasteiger partial charge in [0.2, 0.25) is 0 Å². The Kier molecular flexibility index (Phi) is 5.81. The maximum atomic E-state index is 12.2. The second kappa shape index (κ2) is 7.82. The van der Waals surface area contributed by atoms with Gasteiger partial charge >= 0.3 is 12.0 Å². The Bertz CT molecular complexity index is 504. The number of nitrogens with zero attached hydrogens (tertiary/aromatic N) is 1. The van der Waals surface area contributed by atoms with Crippen LogP contribution in [0.2, 0.25) is 0 Å². The molecule has 0 radical (unpaired) electrons. The number of carbonyl (C=O) groups is 2. The molecular formula is C17H24N2O3. The van der Waals surface area contributed by atoms with E-state index in [4.69, 9.17) is 5.11 Å². The predicted molar refractivity (Wildman–Crippen MR) is 84.9 cm³/mol. The molecule has 2 N–H and O–H groups in total. The highest BCUT2D eigenvalue weighted by molar-refractivity contribution is 5.74. The molecule has 0 heterocycles. The van der Waals surface area contributed by atoms with Gasteiger partial charge in [-0.05, 0) is 24.8 Å². The van der Waals surface area contributed by atoms with Gasteiger partial charge in [-0.15, -0.1) is 0 Å². The lowest BCUT2D eigenvalue weighted by atomic mass is 9.93. The van der Waals surface area contributed by atoms with Crippen LogP contribution in [0.5, 0.6) is 0 Å². The number of urea groups is 1. The number of carbonyl (C=O) groups excluding carboxylic acids is 1. The van der Waals surface area contributed by atoms with Crippen molar-refractivity contribution in [3.8, 4) is 0 Å². The number of aliphatic carboxylic acids is 1. The Morgan fingerprint density at radius 3 is 2.68 bits per heavy atom. The van der Waals surface area contributed by atoms with E-state index in [1.165, 1.54) is 5.56 Å². The molecule has 2 atom stereocenters. The quantitative estimate of drug-likeness (QED) is 0.794. The number of likely N-dealkylation sites (N-methyl/N-ethyl adjacent to an activating group) is 1. The number of benzene rings is 1. The van der Waals surface area contributed by atoms with Gasteiger partial charge in [0.05, 0.1) is 0 Å². The van der Waals surface area contributed by atoms with Gasteiger partial charge in [-0.1, -0.05) is 36.8 Å². The van der Waals surface area contributed by atoms with Crippen LogP contribution >= 0.6 is 0 Å². The molecule has 2 amide bonds. The fourth-order valence-corrected chi connectivity index (χ4v) is 3.20. The average molecular weight is 304 g/mol. The standard InChI is InChI=1S/C17H24N2O3/c1-19(17(22)18-12-6-11-16(20)21)15-10-5-9-14(15)13-7-3-2-4-8-13/h2-4,7-8,14-15H,5-6,9-12H2,1H3,(H,18,22)(H,20,21). The van der Waals surface area contributed by atoms with E-state index < -0.39 is 5.97 Å². The van der Waals surface area contributed by atoms with Crippen LogP contribution in [0.4, 0.5) is 4.79 Å². The molecule has 1 aromatic carbocycles. The molecule has 1 aliphatic rings. The Labute approximate surface area is 131 Å². The SMILES string of the molecule is CN(C(=O)NCCCC(=O)O)C1CCCC1c1ccccc1. The summed E-state index contributed by atoms with van der Waals surface area (Å²) in [6, 6.07) is 10.4. The van der Waals surface area contributed by atoms with E-state index in [-0.39, 0.29) is 18.5 Å². The average Bonchev–Trinajstić information content (AvgIpc) is 3.00. The Balaban J connectivity index is 1.89. The number of hydrogen-bond acceptors (Lipinski definition) is 2. The summed E-state index contributed by atoms with van der Waals surface area (Å²) in [7, 11) is 1.83. The molecular weight excluding hydrogens is 280 g/mol. The van der Waals surface area contributed by atoms with Gasteiger partial charge in [0.25, 0.3) is 0 Å². The Morgan fingerprint density at radius 1 is 1.27 bits per heavy atom. The van der Waals surface area contributed by atoms with Crippen molar-refractivity contribution in [2.75, 3.05) is 13.6 Å². The molecule has 120 valence electrons. The molecule has 0 bridgehead atoms. The normalized spacial score (nSPS) is 20.6. The maximum absolute atomic E-state index is 12.2. The minimum Gasteiger partial charge on any atom is -0.481 e. The number of carboxylic acids is 1. The van der Waals surface area contributed by atoms with Gasteiger partial charge < -0.3 is 15.3 Å². The lowest BCUT2D eigenvalue weighted by Crippen LogP contribution is -2.44. The Hall–Kier alpha value is -2.04. The number of carboxylic acid groups (broad SMARTS) is 1. The molecule has 0 saturated heterocycles. The van der Waals surface area contributed by atoms with Gasteiger partial charge in [-0.25, -0.2) is 4.79 Å². The zero-order chi connectivity index (χ0) is 15.9. The first-order chi connectivity index (χ1) is 10.6. The van der Waals surface area contributed by atoms with E-state index in [0.29, 0.717) is 18.9 Å². The molecule has 1 fully saturated rings. The number of hydrogen-bond donors (Lipinski definition) is 2. The van der Waals surface area contributed by atoms with Crippen molar-refractivity contribution in [3.05, 3.63) is 35.9 Å². The van der Waals surface area contributed by atoms with Crippen molar-refractivity contribution >= 4 is 12.0 Å². The van der Waals surface area contributed by atoms with E-state index in [9.17, 15) is 9.59 Å². The van der Waals surface area contributed by atoms with Crippen LogP contribution in [0.3, 0.4) is 0 Å². The summed E-state index contributed by atoms with van der Waals surface area (Å²) in [6.07, 6.45) is 3.78. The second-order valence-electron chi connectivity index (χ2n) is 5.86. The molecule has 1 saturated carbocycles. The van der Waals surface area contributed by atoms with Gasteiger partial charge in [-0.2, -0.15) is 0 Å². The van der Waals surface area contributed by atoms with Gasteiger partial charge in [-0.3, -0.25) is 4.79 Å². The fourth-order valence-electron chi connectivity index (χ4n) is 3.20. The van der Waals surface area contributed by atoms with Gasteiger partial charge in [0.15, 0.2) is 0 Å². The highest BCUT2D eigenvalue weighted by Gasteiger charge is 2.33. The van der Waals surface area contributed by atoms with Crippen LogP contribution in [0, 0.1) is 0 Å². The molecule has 5 nitrogen and oxygen atoms in total. The monoisotopic (exact) mass is 304 g/mol. The summed E-state index contributed by atoms with van der Waals surface area (Å²) >= 11 is 0. The maximum Gasteiger partial charge on any atom is 0.317 e. The third-order valence-electron chi connectivity index (χ3n) is 4.37. The molecule has 1 aromatic rings. The predicted octanol–water partition coefficient (Wildman–Crippen LogP) is 2.83. The van der Waals surface area contributed by atoms with Crippen LogP contribution in [-0.4, -0.2) is 41.6 Å². The lowest BCUT2D eigenvalue weighted by molar-refractivity contribution is -0.137. The first-order valence-corrected chi connectivity index (χ1v) is 7.87. The molecule has 1 aliphatic carbocycles. The van der Waals surface area contributed by atoms with Crippen LogP contribution in [-0.2, 0) is 4.79 Å². The van der Waals surface area contributed by atoms with Gasteiger partial charge in [0.1, 0.15) is 0 Å². The molecule has 0 spiro atoms. The van der Waals surface area contributed by atoms with E-state index in [1.54, 1.807) is 4.90 Å². The summed E-state index contributed by atoms with van der Waals surface area (Å²) in [6.45, 7) is 0.401. The smallest absolute Gasteiger partial charge is 0.317 e. The molecule has 2 unspecified atom stereocenters. The topological polar surface area (TPSA) is 69.6 Å². The summed E-state index contributed by atoms with van der Waals surface area (Å²) in [5, 5.41) is 11.4. The number of amides is 2. The van der Waals surface area contributed by atoms with Crippen molar-refractivity contribution in [2.24, 2.45) is 0 Å². The summed E-state index contributed by atoms with van der Waals surface area (Å²) in [5.74, 6) is -0.446. The van der Waals surface area contributed by atoms with Crippen molar-refractivity contribution in [3.63, 3.8) is 0 Å². The number of nitrogens with one attached hydrogen (secondary N) is 1. The van der Waals surface area contributed by atoms with E-state index >= 15 is 0 Å². The van der Waals surface area contributed by atoms with E-state index in [2.05, 4.69) is 17.4 Å². The second-order valence-corrected chi connectivity index (χ2v) is 5.86. The van der Waals surface area contributed by atoms with Crippen molar-refractivity contribution < 1.29 is 14.7 Å². The van der Waals surface area contributed by atoms with Crippen molar-refractivity contribution in [1.82, 2.24) is 10.2 Å². The first-order valence-electron chi connectivity index (χ1n) is 7.87. The summed E-state index contributed by atoms with van der Waals surface area (Å²) in [4.78, 5) is 24.5. The minimum absolute atomic E-state index is 0.0834. The van der Waals surface area contributed by atoms with E-state index in [0.717, 1.165) is 19.3 Å². The largest absolute Gasteiger partial charge is 0.481 e. The molecule has 0 aromatic heterocycles. The molecule has 0 aliphatic heterocycles. The molecule has 22 heavy (non-hydrogen) atoms. The van der Waals surface area contributed by atoms with Crippen LogP contribution in [0.15, 0.2) is 30.3 Å². The van der Waals surface area contributed by atoms with Crippen LogP contribution in [0.1, 0.15) is 43.6 Å². The zero-order valence-corrected chi connectivity index (χ0v) is 13.0. The highest BCUT2D eigenvalue weighted by Crippen LogP contribution is 2.37. The van der Waals surface area contributed by atoms with Gasteiger partial charge in [0, 0.05) is 32.0 Å². The minimum atomic E-state index is -0.831. The highest BCUT2D eigenvalue weighted by atomic mass is 16.4. The molecule has 2 rings (SSSR count). The van der Waals surface area contributed by atoms with Crippen molar-refractivity contribution in [1.29, 1.82) is 0 Å². The lowest BCUT2D eigenvalue weighted by Gasteiger charge is -2.30. The number of rotatable bonds is 6. The summed E-state index contributed by atoms with van der Waals surface area (Å²) in [5.41, 5.74) is 1.29. The van der Waals surface area contributed by atoms with Crippen LogP contribution < -0.4 is 5.32 Å². The van der Waals surface area contributed by atoms with Crippen molar-refractivity contribution in [2.45, 2.75) is 44.1 Å². The van der Waals surface area contributed by atoms with Crippen LogP contribution in [0.25, 0.3) is 0 Å². The van der Waals surface area contributed by atoms with E-state index in [1.807, 2.05) is 25.2 Å². The zero-order valence-electron chi connectivity index (χ0n) is 13.0.